The van der Waals surface area contributed by atoms with Crippen molar-refractivity contribution >= 4 is 85.3 Å². The van der Waals surface area contributed by atoms with Crippen molar-refractivity contribution in [3.63, 3.8) is 0 Å². The van der Waals surface area contributed by atoms with Crippen LogP contribution < -0.4 is 0 Å². The number of hydrogen-bond donors (Lipinski definition) is 0. The van der Waals surface area contributed by atoms with Gasteiger partial charge < -0.3 is 0 Å². The minimum atomic E-state index is 0.628. The third-order valence-electron chi connectivity index (χ3n) is 21.6. The van der Waals surface area contributed by atoms with Gasteiger partial charge in [0.1, 0.15) is 10.3 Å². The van der Waals surface area contributed by atoms with E-state index in [0.717, 1.165) is 149 Å². The van der Waals surface area contributed by atoms with E-state index in [0.29, 0.717) is 34.9 Å². The molecule has 7 aromatic heterocycles. The Morgan fingerprint density at radius 3 is 0.932 bits per heavy atom. The molecule has 0 aliphatic heterocycles. The summed E-state index contributed by atoms with van der Waals surface area (Å²) in [4.78, 5) is 50.7. The highest BCUT2D eigenvalue weighted by atomic mass is 32.1. The van der Waals surface area contributed by atoms with Crippen LogP contribution >= 0.6 is 22.7 Å². The molecule has 10 nitrogen and oxygen atoms in total. The topological polar surface area (TPSA) is 129 Å². The zero-order chi connectivity index (χ0) is 78.2. The van der Waals surface area contributed by atoms with Gasteiger partial charge in [0.15, 0.2) is 40.6 Å². The molecule has 0 unspecified atom stereocenters. The molecule has 0 fully saturated rings. The monoisotopic (exact) mass is 1540 g/mol. The maximum Gasteiger partial charge on any atom is 0.164 e. The maximum absolute atomic E-state index is 5.15. The van der Waals surface area contributed by atoms with Crippen molar-refractivity contribution in [2.24, 2.45) is 0 Å². The Kier molecular flexibility index (Phi) is 18.4. The van der Waals surface area contributed by atoms with Gasteiger partial charge in [0.2, 0.25) is 0 Å². The van der Waals surface area contributed by atoms with Crippen LogP contribution in [-0.4, -0.2) is 49.8 Å². The largest absolute Gasteiger partial charge is 0.243 e. The van der Waals surface area contributed by atoms with Gasteiger partial charge in [-0.25, -0.2) is 49.8 Å². The second-order valence-electron chi connectivity index (χ2n) is 29.0. The van der Waals surface area contributed by atoms with E-state index in [2.05, 4.69) is 320 Å². The normalized spacial score (nSPS) is 11.4. The summed E-state index contributed by atoms with van der Waals surface area (Å²) in [6.45, 7) is 0. The van der Waals surface area contributed by atoms with Crippen molar-refractivity contribution in [3.8, 4) is 157 Å². The molecule has 15 aromatic carbocycles. The van der Waals surface area contributed by atoms with Crippen LogP contribution in [0, 0.1) is 0 Å². The molecule has 0 bridgehead atoms. The van der Waals surface area contributed by atoms with Gasteiger partial charge in [-0.15, -0.1) is 22.7 Å². The quantitative estimate of drug-likeness (QED) is 0.104. The molecular formula is C106H66N10S2. The maximum atomic E-state index is 5.15. The van der Waals surface area contributed by atoms with Gasteiger partial charge in [-0.05, 0) is 139 Å². The van der Waals surface area contributed by atoms with Gasteiger partial charge >= 0.3 is 0 Å². The van der Waals surface area contributed by atoms with E-state index in [9.17, 15) is 0 Å². The standard InChI is InChI=1S/2C53H33N5S/c1-3-12-34(13-4-1)35-23-27-38(28-24-35)51-56-50(37-14-5-2-6-15-37)57-52(58-51)39-29-25-36(26-30-39)40-16-9-17-41(32-40)42-18-10-19-43(33-42)48-49-47(44-20-7-8-22-46(44)59-49)45-21-11-31-54-53(45)55-48;1-3-11-34(12-4-1)35-21-25-38(26-22-35)51-56-50(37-13-5-2-6-14-37)57-52(58-51)39-27-23-36(24-28-39)40-15-9-16-41(31-40)42-17-10-18-43(32-42)44-29-30-46-47(33-44)54-49-45-19-7-8-20-48(45)59-53(49)55-46/h2*1-33H. The van der Waals surface area contributed by atoms with E-state index in [1.54, 1.807) is 22.7 Å². The highest BCUT2D eigenvalue weighted by molar-refractivity contribution is 7.26. The number of pyridine rings is 2. The number of hydrogen-bond acceptors (Lipinski definition) is 12. The minimum absolute atomic E-state index is 0.628. The van der Waals surface area contributed by atoms with Crippen LogP contribution in [0.1, 0.15) is 0 Å². The summed E-state index contributed by atoms with van der Waals surface area (Å²) in [6.07, 6.45) is 1.82. The molecule has 0 saturated carbocycles. The smallest absolute Gasteiger partial charge is 0.164 e. The molecule has 0 aliphatic carbocycles. The highest BCUT2D eigenvalue weighted by Gasteiger charge is 2.21. The Labute approximate surface area is 688 Å². The Morgan fingerprint density at radius 2 is 0.492 bits per heavy atom. The number of rotatable bonds is 14. The lowest BCUT2D eigenvalue weighted by molar-refractivity contribution is 1.07. The first kappa shape index (κ1) is 70.5. The molecule has 0 aliphatic rings. The van der Waals surface area contributed by atoms with E-state index in [1.165, 1.54) is 36.0 Å². The van der Waals surface area contributed by atoms with E-state index in [4.69, 9.17) is 44.9 Å². The first-order chi connectivity index (χ1) is 58.4. The summed E-state index contributed by atoms with van der Waals surface area (Å²) in [5.41, 5.74) is 27.1. The van der Waals surface area contributed by atoms with Gasteiger partial charge in [0, 0.05) is 76.1 Å². The predicted octanol–water partition coefficient (Wildman–Crippen LogP) is 27.7. The Bertz CT molecular complexity index is 7510. The molecule has 0 atom stereocenters. The van der Waals surface area contributed by atoms with Crippen molar-refractivity contribution in [2.45, 2.75) is 0 Å². The van der Waals surface area contributed by atoms with Crippen LogP contribution in [0.3, 0.4) is 0 Å². The van der Waals surface area contributed by atoms with Crippen LogP contribution in [0.4, 0.5) is 0 Å². The van der Waals surface area contributed by atoms with Crippen LogP contribution in [0.15, 0.2) is 401 Å². The Morgan fingerprint density at radius 1 is 0.186 bits per heavy atom. The van der Waals surface area contributed by atoms with Crippen molar-refractivity contribution in [3.05, 3.63) is 401 Å². The number of aromatic nitrogens is 10. The van der Waals surface area contributed by atoms with E-state index in [-0.39, 0.29) is 0 Å². The third-order valence-corrected chi connectivity index (χ3v) is 23.8. The van der Waals surface area contributed by atoms with Gasteiger partial charge in [-0.1, -0.05) is 334 Å². The van der Waals surface area contributed by atoms with Crippen LogP contribution in [-0.2, 0) is 0 Å². The second-order valence-corrected chi connectivity index (χ2v) is 31.1. The lowest BCUT2D eigenvalue weighted by atomic mass is 9.96. The summed E-state index contributed by atoms with van der Waals surface area (Å²) < 4.78 is 3.64. The second kappa shape index (κ2) is 30.9. The van der Waals surface area contributed by atoms with Crippen molar-refractivity contribution in [1.82, 2.24) is 49.8 Å². The zero-order valence-corrected chi connectivity index (χ0v) is 65.0. The molecule has 22 rings (SSSR count). The van der Waals surface area contributed by atoms with Crippen molar-refractivity contribution in [2.75, 3.05) is 0 Å². The van der Waals surface area contributed by atoms with E-state index >= 15 is 0 Å². The summed E-state index contributed by atoms with van der Waals surface area (Å²) in [6, 6.07) is 137. The lowest BCUT2D eigenvalue weighted by Gasteiger charge is -2.11. The highest BCUT2D eigenvalue weighted by Crippen LogP contribution is 2.44. The molecule has 552 valence electrons. The fourth-order valence-corrected chi connectivity index (χ4v) is 17.8. The molecule has 0 spiro atoms. The third kappa shape index (κ3) is 14.1. The summed E-state index contributed by atoms with van der Waals surface area (Å²) >= 11 is 3.49. The molecule has 0 saturated heterocycles. The molecule has 12 heteroatoms. The zero-order valence-electron chi connectivity index (χ0n) is 63.4. The average molecular weight is 1540 g/mol. The molecule has 0 N–H and O–H groups in total. The van der Waals surface area contributed by atoms with Gasteiger partial charge in [0.25, 0.3) is 0 Å². The predicted molar refractivity (Wildman–Crippen MR) is 488 cm³/mol. The SMILES string of the molecule is c1ccc(-c2ccc(-c3nc(-c4ccccc4)nc(-c4ccc(-c5cccc(-c6cccc(-c7ccc8nc9sc%10ccccc%10c9nc8c7)c6)c5)cc4)n3)cc2)cc1.c1ccc(-c2ccc(-c3nc(-c4ccccc4)nc(-c4ccc(-c5cccc(-c6cccc(-c7nc8ncccc8c8c7sc7ccccc78)c6)c5)cc4)n3)cc2)cc1. The van der Waals surface area contributed by atoms with Crippen LogP contribution in [0.5, 0.6) is 0 Å². The summed E-state index contributed by atoms with van der Waals surface area (Å²) in [7, 11) is 0. The summed E-state index contributed by atoms with van der Waals surface area (Å²) in [5.74, 6) is 3.81. The number of nitrogens with zero attached hydrogens (tertiary/aromatic N) is 10. The van der Waals surface area contributed by atoms with E-state index in [1.807, 2.05) is 85.1 Å². The molecule has 0 radical (unpaired) electrons. The Hall–Kier alpha value is -15.3. The average Bonchev–Trinajstić information content (AvgIpc) is 1.58. The fourth-order valence-electron chi connectivity index (χ4n) is 15.5. The molecule has 22 aromatic rings. The van der Waals surface area contributed by atoms with Gasteiger partial charge in [-0.3, -0.25) is 0 Å². The van der Waals surface area contributed by atoms with Crippen molar-refractivity contribution < 1.29 is 0 Å². The van der Waals surface area contributed by atoms with Gasteiger partial charge in [-0.2, -0.15) is 0 Å². The minimum Gasteiger partial charge on any atom is -0.243 e. The number of benzene rings is 15. The Balaban J connectivity index is 0.000000147. The molecular weight excluding hydrogens is 1480 g/mol. The summed E-state index contributed by atoms with van der Waals surface area (Å²) in [5, 5.41) is 4.70. The first-order valence-electron chi connectivity index (χ1n) is 39.1. The van der Waals surface area contributed by atoms with Crippen molar-refractivity contribution in [1.29, 1.82) is 0 Å². The first-order valence-corrected chi connectivity index (χ1v) is 40.8. The number of fused-ring (bicyclic) bond motifs is 9. The van der Waals surface area contributed by atoms with Gasteiger partial charge in [0.05, 0.1) is 21.4 Å². The van der Waals surface area contributed by atoms with Crippen LogP contribution in [0.2, 0.25) is 0 Å². The molecule has 118 heavy (non-hydrogen) atoms. The fraction of sp³-hybridized carbons (Fsp3) is 0. The van der Waals surface area contributed by atoms with Crippen LogP contribution in [0.25, 0.3) is 220 Å². The van der Waals surface area contributed by atoms with E-state index < -0.39 is 0 Å². The lowest BCUT2D eigenvalue weighted by Crippen LogP contribution is -2.00. The number of thiophene rings is 2. The molecule has 0 amide bonds. The molecule has 7 heterocycles.